The third kappa shape index (κ3) is 1.69. The normalized spacial score (nSPS) is 19.7. The van der Waals surface area contributed by atoms with Gasteiger partial charge in [-0.2, -0.15) is 0 Å². The van der Waals surface area contributed by atoms with Gasteiger partial charge in [0.2, 0.25) is 0 Å². The molecule has 1 aromatic heterocycles. The Morgan fingerprint density at radius 2 is 2.40 bits per heavy atom. The molecule has 3 nitrogen and oxygen atoms in total. The van der Waals surface area contributed by atoms with Crippen LogP contribution in [0.25, 0.3) is 5.57 Å². The van der Waals surface area contributed by atoms with Crippen LogP contribution in [-0.2, 0) is 11.2 Å². The lowest BCUT2D eigenvalue weighted by Gasteiger charge is -2.18. The average Bonchev–Trinajstić information content (AvgIpc) is 2.60. The number of H-pyrrole nitrogens is 1. The standard InChI is InChI=1S/C12H15NO2/c1-7(2)11-6-9-8(12(14)15)4-3-5-10(9)13-11/h6,8,13H,1,3-5H2,2H3,(H,14,15). The largest absolute Gasteiger partial charge is 0.481 e. The van der Waals surface area contributed by atoms with E-state index in [1.165, 1.54) is 0 Å². The van der Waals surface area contributed by atoms with Crippen LogP contribution in [0, 0.1) is 0 Å². The van der Waals surface area contributed by atoms with Crippen LogP contribution in [0.1, 0.15) is 42.6 Å². The zero-order chi connectivity index (χ0) is 11.0. The molecule has 1 unspecified atom stereocenters. The van der Waals surface area contributed by atoms with Gasteiger partial charge in [0.1, 0.15) is 0 Å². The Morgan fingerprint density at radius 3 is 3.00 bits per heavy atom. The van der Waals surface area contributed by atoms with E-state index < -0.39 is 5.97 Å². The number of carboxylic acids is 1. The highest BCUT2D eigenvalue weighted by molar-refractivity contribution is 5.77. The molecule has 1 aliphatic rings. The first kappa shape index (κ1) is 10.0. The summed E-state index contributed by atoms with van der Waals surface area (Å²) in [6, 6.07) is 1.94. The Labute approximate surface area is 88.8 Å². The number of aryl methyl sites for hydroxylation is 1. The number of hydrogen-bond acceptors (Lipinski definition) is 1. The van der Waals surface area contributed by atoms with Gasteiger partial charge in [-0.05, 0) is 43.4 Å². The Kier molecular flexibility index (Phi) is 2.39. The van der Waals surface area contributed by atoms with Crippen LogP contribution in [0.15, 0.2) is 12.6 Å². The summed E-state index contributed by atoms with van der Waals surface area (Å²) in [4.78, 5) is 14.3. The molecule has 0 amide bonds. The van der Waals surface area contributed by atoms with E-state index in [0.29, 0.717) is 0 Å². The molecule has 3 heteroatoms. The van der Waals surface area contributed by atoms with Crippen molar-refractivity contribution in [3.8, 4) is 0 Å². The molecule has 0 radical (unpaired) electrons. The zero-order valence-electron chi connectivity index (χ0n) is 8.84. The number of aromatic nitrogens is 1. The van der Waals surface area contributed by atoms with Crippen LogP contribution >= 0.6 is 0 Å². The van der Waals surface area contributed by atoms with E-state index in [4.69, 9.17) is 5.11 Å². The summed E-state index contributed by atoms with van der Waals surface area (Å²) in [6.07, 6.45) is 2.64. The van der Waals surface area contributed by atoms with Crippen molar-refractivity contribution in [1.29, 1.82) is 0 Å². The predicted molar refractivity (Wildman–Crippen MR) is 58.8 cm³/mol. The van der Waals surface area contributed by atoms with Crippen molar-refractivity contribution in [2.45, 2.75) is 32.1 Å². The van der Waals surface area contributed by atoms with Crippen LogP contribution in [-0.4, -0.2) is 16.1 Å². The molecule has 2 N–H and O–H groups in total. The molecule has 0 bridgehead atoms. The minimum Gasteiger partial charge on any atom is -0.481 e. The molecule has 2 rings (SSSR count). The fraction of sp³-hybridized carbons (Fsp3) is 0.417. The van der Waals surface area contributed by atoms with Gasteiger partial charge >= 0.3 is 5.97 Å². The number of fused-ring (bicyclic) bond motifs is 1. The molecule has 1 aromatic rings. The second-order valence-corrected chi connectivity index (χ2v) is 4.18. The molecule has 1 aliphatic carbocycles. The van der Waals surface area contributed by atoms with E-state index in [2.05, 4.69) is 11.6 Å². The quantitative estimate of drug-likeness (QED) is 0.779. The van der Waals surface area contributed by atoms with Gasteiger partial charge in [0.15, 0.2) is 0 Å². The smallest absolute Gasteiger partial charge is 0.311 e. The second-order valence-electron chi connectivity index (χ2n) is 4.18. The summed E-state index contributed by atoms with van der Waals surface area (Å²) in [7, 11) is 0. The van der Waals surface area contributed by atoms with Gasteiger partial charge in [0.05, 0.1) is 5.92 Å². The first-order valence-electron chi connectivity index (χ1n) is 5.20. The molecule has 1 atom stereocenters. The van der Waals surface area contributed by atoms with Crippen molar-refractivity contribution in [2.24, 2.45) is 0 Å². The van der Waals surface area contributed by atoms with Crippen LogP contribution in [0.5, 0.6) is 0 Å². The minimum atomic E-state index is -0.719. The van der Waals surface area contributed by atoms with E-state index in [0.717, 1.165) is 41.8 Å². The van der Waals surface area contributed by atoms with Gasteiger partial charge in [0.25, 0.3) is 0 Å². The summed E-state index contributed by atoms with van der Waals surface area (Å²) in [6.45, 7) is 5.78. The van der Waals surface area contributed by atoms with Crippen LogP contribution in [0.3, 0.4) is 0 Å². The number of rotatable bonds is 2. The first-order chi connectivity index (χ1) is 7.09. The van der Waals surface area contributed by atoms with Gasteiger partial charge in [0, 0.05) is 11.4 Å². The van der Waals surface area contributed by atoms with Crippen LogP contribution in [0.4, 0.5) is 0 Å². The highest BCUT2D eigenvalue weighted by Gasteiger charge is 2.27. The number of carbonyl (C=O) groups is 1. The van der Waals surface area contributed by atoms with E-state index in [9.17, 15) is 4.79 Å². The number of aromatic amines is 1. The maximum absolute atomic E-state index is 11.1. The average molecular weight is 205 g/mol. The maximum Gasteiger partial charge on any atom is 0.311 e. The van der Waals surface area contributed by atoms with Gasteiger partial charge < -0.3 is 10.1 Å². The van der Waals surface area contributed by atoms with Gasteiger partial charge in [-0.15, -0.1) is 0 Å². The number of aliphatic carboxylic acids is 1. The van der Waals surface area contributed by atoms with Crippen LogP contribution < -0.4 is 0 Å². The zero-order valence-corrected chi connectivity index (χ0v) is 8.84. The fourth-order valence-electron chi connectivity index (χ4n) is 2.16. The van der Waals surface area contributed by atoms with Crippen molar-refractivity contribution in [1.82, 2.24) is 4.98 Å². The van der Waals surface area contributed by atoms with Gasteiger partial charge in [-0.3, -0.25) is 4.79 Å². The van der Waals surface area contributed by atoms with Crippen molar-refractivity contribution >= 4 is 11.5 Å². The summed E-state index contributed by atoms with van der Waals surface area (Å²) >= 11 is 0. The van der Waals surface area contributed by atoms with E-state index >= 15 is 0 Å². The second kappa shape index (κ2) is 3.57. The number of hydrogen-bond donors (Lipinski definition) is 2. The van der Waals surface area contributed by atoms with E-state index in [1.54, 1.807) is 0 Å². The number of allylic oxidation sites excluding steroid dienone is 1. The summed E-state index contributed by atoms with van der Waals surface area (Å²) in [5.74, 6) is -1.05. The summed E-state index contributed by atoms with van der Waals surface area (Å²) in [5, 5.41) is 9.10. The lowest BCUT2D eigenvalue weighted by atomic mass is 9.87. The van der Waals surface area contributed by atoms with Crippen LogP contribution in [0.2, 0.25) is 0 Å². The lowest BCUT2D eigenvalue weighted by molar-refractivity contribution is -0.139. The topological polar surface area (TPSA) is 53.1 Å². The molecule has 80 valence electrons. The number of nitrogens with one attached hydrogen (secondary N) is 1. The molecule has 0 spiro atoms. The summed E-state index contributed by atoms with van der Waals surface area (Å²) < 4.78 is 0. The summed E-state index contributed by atoms with van der Waals surface area (Å²) in [5.41, 5.74) is 3.94. The molecule has 0 saturated carbocycles. The molecular formula is C12H15NO2. The SMILES string of the molecule is C=C(C)c1cc2c([nH]1)CCCC2C(=O)O. The minimum absolute atomic E-state index is 0.335. The lowest BCUT2D eigenvalue weighted by Crippen LogP contribution is -2.16. The Morgan fingerprint density at radius 1 is 1.67 bits per heavy atom. The molecular weight excluding hydrogens is 190 g/mol. The van der Waals surface area contributed by atoms with Crippen molar-refractivity contribution in [3.05, 3.63) is 29.6 Å². The van der Waals surface area contributed by atoms with Gasteiger partial charge in [-0.1, -0.05) is 6.58 Å². The highest BCUT2D eigenvalue weighted by atomic mass is 16.4. The van der Waals surface area contributed by atoms with Crippen molar-refractivity contribution in [2.75, 3.05) is 0 Å². The Hall–Kier alpha value is -1.51. The third-order valence-electron chi connectivity index (χ3n) is 2.99. The fourth-order valence-corrected chi connectivity index (χ4v) is 2.16. The Balaban J connectivity index is 2.43. The maximum atomic E-state index is 11.1. The first-order valence-corrected chi connectivity index (χ1v) is 5.20. The van der Waals surface area contributed by atoms with Gasteiger partial charge in [-0.25, -0.2) is 0 Å². The molecule has 0 aromatic carbocycles. The molecule has 0 aliphatic heterocycles. The predicted octanol–water partition coefficient (Wildman–Crippen LogP) is 2.55. The van der Waals surface area contributed by atoms with Crippen molar-refractivity contribution < 1.29 is 9.90 Å². The van der Waals surface area contributed by atoms with Crippen molar-refractivity contribution in [3.63, 3.8) is 0 Å². The third-order valence-corrected chi connectivity index (χ3v) is 2.99. The monoisotopic (exact) mass is 205 g/mol. The highest BCUT2D eigenvalue weighted by Crippen LogP contribution is 2.33. The number of carboxylic acid groups (broad SMARTS) is 1. The molecule has 0 fully saturated rings. The van der Waals surface area contributed by atoms with E-state index in [-0.39, 0.29) is 5.92 Å². The molecule has 0 saturated heterocycles. The van der Waals surface area contributed by atoms with E-state index in [1.807, 2.05) is 13.0 Å². The molecule has 15 heavy (non-hydrogen) atoms. The molecule has 1 heterocycles. The Bertz CT molecular complexity index is 417.